The maximum Gasteiger partial charge on any atom is 0.160 e. The molecule has 1 rings (SSSR count). The van der Waals surface area contributed by atoms with E-state index in [-0.39, 0.29) is 5.78 Å². The molecule has 0 aliphatic heterocycles. The second-order valence-electron chi connectivity index (χ2n) is 5.75. The van der Waals surface area contributed by atoms with Gasteiger partial charge in [0.1, 0.15) is 5.75 Å². The Morgan fingerprint density at radius 2 is 1.62 bits per heavy atom. The molecule has 2 heteroatoms. The van der Waals surface area contributed by atoms with Gasteiger partial charge in [-0.3, -0.25) is 4.79 Å². The third kappa shape index (κ3) is 13.7. The molecule has 0 unspecified atom stereocenters. The largest absolute Gasteiger partial charge is 0.493 e. The van der Waals surface area contributed by atoms with Gasteiger partial charge in [-0.1, -0.05) is 73.5 Å². The van der Waals surface area contributed by atoms with Crippen LogP contribution in [0.3, 0.4) is 0 Å². The van der Waals surface area contributed by atoms with Crippen LogP contribution in [0.2, 0.25) is 0 Å². The highest BCUT2D eigenvalue weighted by molar-refractivity contribution is 5.87. The Morgan fingerprint density at radius 1 is 1.03 bits per heavy atom. The van der Waals surface area contributed by atoms with Gasteiger partial charge in [0, 0.05) is 11.6 Å². The first-order valence-electron chi connectivity index (χ1n) is 11.3. The van der Waals surface area contributed by atoms with Crippen molar-refractivity contribution in [3.63, 3.8) is 0 Å². The molecule has 0 saturated carbocycles. The van der Waals surface area contributed by atoms with E-state index in [4.69, 9.17) is 4.74 Å². The van der Waals surface area contributed by atoms with Crippen LogP contribution in [0.4, 0.5) is 0 Å². The van der Waals surface area contributed by atoms with Crippen molar-refractivity contribution in [1.82, 2.24) is 0 Å². The molecule has 166 valence electrons. The molecule has 0 amide bonds. The number of benzene rings is 1. The molecular formula is C27H46O2. The van der Waals surface area contributed by atoms with Crippen molar-refractivity contribution < 1.29 is 9.53 Å². The Morgan fingerprint density at radius 3 is 2.10 bits per heavy atom. The zero-order valence-corrected chi connectivity index (χ0v) is 21.0. The predicted octanol–water partition coefficient (Wildman–Crippen LogP) is 8.74. The third-order valence-corrected chi connectivity index (χ3v) is 3.82. The van der Waals surface area contributed by atoms with E-state index in [1.54, 1.807) is 0 Å². The van der Waals surface area contributed by atoms with Crippen molar-refractivity contribution >= 4 is 17.9 Å². The van der Waals surface area contributed by atoms with Gasteiger partial charge in [-0.25, -0.2) is 0 Å². The molecule has 0 aromatic heterocycles. The van der Waals surface area contributed by atoms with Crippen LogP contribution in [0.5, 0.6) is 5.75 Å². The summed E-state index contributed by atoms with van der Waals surface area (Å²) in [6.45, 7) is 22.6. The average Bonchev–Trinajstić information content (AvgIpc) is 2.75. The Kier molecular flexibility index (Phi) is 24.3. The molecule has 0 N–H and O–H groups in total. The van der Waals surface area contributed by atoms with Gasteiger partial charge in [-0.05, 0) is 62.9 Å². The predicted molar refractivity (Wildman–Crippen MR) is 133 cm³/mol. The van der Waals surface area contributed by atoms with Gasteiger partial charge in [-0.2, -0.15) is 0 Å². The fourth-order valence-corrected chi connectivity index (χ4v) is 2.36. The maximum absolute atomic E-state index is 11.0. The molecule has 0 fully saturated rings. The molecular weight excluding hydrogens is 356 g/mol. The van der Waals surface area contributed by atoms with Crippen molar-refractivity contribution in [1.29, 1.82) is 0 Å². The summed E-state index contributed by atoms with van der Waals surface area (Å²) in [5.41, 5.74) is 7.51. The summed E-state index contributed by atoms with van der Waals surface area (Å²) in [4.78, 5) is 11.0. The van der Waals surface area contributed by atoms with Crippen LogP contribution in [0.25, 0.3) is 12.2 Å². The van der Waals surface area contributed by atoms with Gasteiger partial charge in [0.05, 0.1) is 6.61 Å². The number of carbonyl (C=O) groups excluding carboxylic acids is 1. The van der Waals surface area contributed by atoms with Crippen LogP contribution >= 0.6 is 0 Å². The molecule has 0 aliphatic rings. The molecule has 2 nitrogen and oxygen atoms in total. The zero-order valence-electron chi connectivity index (χ0n) is 21.0. The van der Waals surface area contributed by atoms with E-state index >= 15 is 0 Å². The average molecular weight is 403 g/mol. The van der Waals surface area contributed by atoms with Crippen molar-refractivity contribution in [2.24, 2.45) is 0 Å². The highest BCUT2D eigenvalue weighted by Crippen LogP contribution is 2.30. The summed E-state index contributed by atoms with van der Waals surface area (Å²) in [7, 11) is 0. The molecule has 0 saturated heterocycles. The van der Waals surface area contributed by atoms with Gasteiger partial charge in [0.15, 0.2) is 5.78 Å². The van der Waals surface area contributed by atoms with Crippen molar-refractivity contribution in [2.45, 2.75) is 95.4 Å². The van der Waals surface area contributed by atoms with Gasteiger partial charge >= 0.3 is 0 Å². The molecule has 1 aromatic carbocycles. The lowest BCUT2D eigenvalue weighted by atomic mass is 9.96. The summed E-state index contributed by atoms with van der Waals surface area (Å²) in [5, 5.41) is 0. The fourth-order valence-electron chi connectivity index (χ4n) is 2.36. The second-order valence-corrected chi connectivity index (χ2v) is 5.75. The lowest BCUT2D eigenvalue weighted by molar-refractivity contribution is -0.112. The normalized spacial score (nSPS) is 8.93. The summed E-state index contributed by atoms with van der Waals surface area (Å²) in [5.74, 6) is 0.898. The Hall–Kier alpha value is -2.05. The smallest absolute Gasteiger partial charge is 0.160 e. The van der Waals surface area contributed by atoms with E-state index in [1.165, 1.54) is 37.0 Å². The number of rotatable bonds is 8. The summed E-state index contributed by atoms with van der Waals surface area (Å²) < 4.78 is 6.02. The second kappa shape index (κ2) is 22.2. The quantitative estimate of drug-likeness (QED) is 0.247. The minimum absolute atomic E-state index is 0.00259. The first-order chi connectivity index (χ1) is 14.0. The summed E-state index contributed by atoms with van der Waals surface area (Å²) in [6, 6.07) is 2.05. The lowest BCUT2D eigenvalue weighted by Gasteiger charge is -2.16. The van der Waals surface area contributed by atoms with Crippen LogP contribution < -0.4 is 4.74 Å². The van der Waals surface area contributed by atoms with E-state index in [1.807, 2.05) is 66.7 Å². The van der Waals surface area contributed by atoms with E-state index in [0.29, 0.717) is 0 Å². The van der Waals surface area contributed by atoms with Gasteiger partial charge in [0.2, 0.25) is 0 Å². The van der Waals surface area contributed by atoms with Gasteiger partial charge in [0.25, 0.3) is 0 Å². The van der Waals surface area contributed by atoms with E-state index < -0.39 is 0 Å². The van der Waals surface area contributed by atoms with Crippen LogP contribution in [0, 0.1) is 13.8 Å². The maximum atomic E-state index is 11.0. The van der Waals surface area contributed by atoms with Crippen molar-refractivity contribution in [3.05, 3.63) is 46.2 Å². The number of ether oxygens (including phenoxy) is 1. The fraction of sp³-hybridized carbons (Fsp3) is 0.556. The monoisotopic (exact) mass is 402 g/mol. The SMILES string of the molecule is C/C=C\c1c(OCCCCC)cc(C=C=CC(C)=O)c(C)c1C.CC.CC.CC. The minimum Gasteiger partial charge on any atom is -0.493 e. The summed E-state index contributed by atoms with van der Waals surface area (Å²) >= 11 is 0. The van der Waals surface area contributed by atoms with E-state index in [2.05, 4.69) is 32.6 Å². The molecule has 29 heavy (non-hydrogen) atoms. The molecule has 0 spiro atoms. The van der Waals surface area contributed by atoms with Crippen molar-refractivity contribution in [2.75, 3.05) is 6.61 Å². The van der Waals surface area contributed by atoms with E-state index in [0.717, 1.165) is 29.9 Å². The van der Waals surface area contributed by atoms with Crippen molar-refractivity contribution in [3.8, 4) is 5.75 Å². The van der Waals surface area contributed by atoms with Gasteiger partial charge < -0.3 is 4.74 Å². The molecule has 0 heterocycles. The number of hydrogen-bond donors (Lipinski definition) is 0. The van der Waals surface area contributed by atoms with Gasteiger partial charge in [-0.15, -0.1) is 5.73 Å². The third-order valence-electron chi connectivity index (χ3n) is 3.82. The highest BCUT2D eigenvalue weighted by Gasteiger charge is 2.10. The highest BCUT2D eigenvalue weighted by atomic mass is 16.5. The minimum atomic E-state index is -0.00259. The zero-order chi connectivity index (χ0) is 23.2. The van der Waals surface area contributed by atoms with Crippen LogP contribution in [0.1, 0.15) is 104 Å². The molecule has 0 bridgehead atoms. The summed E-state index contributed by atoms with van der Waals surface area (Å²) in [6.07, 6.45) is 10.9. The Balaban J connectivity index is -0.00000103. The Labute approximate surface area is 181 Å². The number of allylic oxidation sites excluding steroid dienone is 2. The first-order valence-corrected chi connectivity index (χ1v) is 11.3. The molecule has 0 atom stereocenters. The van der Waals surface area contributed by atoms with E-state index in [9.17, 15) is 4.79 Å². The number of carbonyl (C=O) groups is 1. The number of ketones is 1. The Bertz CT molecular complexity index is 630. The molecule has 0 radical (unpaired) electrons. The molecule has 1 aromatic rings. The van der Waals surface area contributed by atoms with Crippen LogP contribution in [-0.2, 0) is 4.79 Å². The van der Waals surface area contributed by atoms with Crippen LogP contribution in [0.15, 0.2) is 23.9 Å². The number of unbranched alkanes of at least 4 members (excludes halogenated alkanes) is 2. The first kappa shape index (κ1) is 31.6. The molecule has 0 aliphatic carbocycles. The standard InChI is InChI=1S/C21H28O2.3C2H6/c1-6-8-9-14-23-21-15-19(13-10-12-16(3)22)17(4)18(5)20(21)11-7-2;3*1-2/h7,11-13,15H,6,8-9,14H2,1-5H3;3*1-2H3/b11-7-;;;. The number of hydrogen-bond acceptors (Lipinski definition) is 2. The lowest BCUT2D eigenvalue weighted by Crippen LogP contribution is -2.02. The van der Waals surface area contributed by atoms with Crippen LogP contribution in [-0.4, -0.2) is 12.4 Å². The topological polar surface area (TPSA) is 26.3 Å².